The molecule has 1 aliphatic heterocycles. The molecule has 5 heteroatoms. The van der Waals surface area contributed by atoms with Gasteiger partial charge in [0.15, 0.2) is 11.6 Å². The van der Waals surface area contributed by atoms with Crippen molar-refractivity contribution in [3.05, 3.63) is 30.1 Å². The molecule has 0 saturated carbocycles. The smallest absolute Gasteiger partial charge is 0.312 e. The molecular weight excluding hydrogens is 263 g/mol. The maximum Gasteiger partial charge on any atom is 0.312 e. The Balaban J connectivity index is 2.00. The van der Waals surface area contributed by atoms with E-state index in [-0.39, 0.29) is 30.2 Å². The van der Waals surface area contributed by atoms with E-state index in [0.29, 0.717) is 13.2 Å². The predicted molar refractivity (Wildman–Crippen MR) is 70.9 cm³/mol. The van der Waals surface area contributed by atoms with Gasteiger partial charge in [0.1, 0.15) is 6.61 Å². The zero-order valence-corrected chi connectivity index (χ0v) is 11.5. The number of halogens is 1. The van der Waals surface area contributed by atoms with E-state index < -0.39 is 5.82 Å². The van der Waals surface area contributed by atoms with Gasteiger partial charge in [-0.05, 0) is 30.9 Å². The summed E-state index contributed by atoms with van der Waals surface area (Å²) in [6.45, 7) is 1.40. The Kier molecular flexibility index (Phi) is 5.35. The highest BCUT2D eigenvalue weighted by atomic mass is 19.1. The van der Waals surface area contributed by atoms with Crippen molar-refractivity contribution in [3.8, 4) is 5.75 Å². The molecule has 0 aliphatic carbocycles. The van der Waals surface area contributed by atoms with Crippen molar-refractivity contribution >= 4 is 5.97 Å². The van der Waals surface area contributed by atoms with Gasteiger partial charge in [0.05, 0.1) is 13.0 Å². The molecule has 4 nitrogen and oxygen atoms in total. The lowest BCUT2D eigenvalue weighted by molar-refractivity contribution is -0.150. The summed E-state index contributed by atoms with van der Waals surface area (Å²) in [6.07, 6.45) is 1.58. The third-order valence-electron chi connectivity index (χ3n) is 3.59. The minimum Gasteiger partial charge on any atom is -0.490 e. The highest BCUT2D eigenvalue weighted by Crippen LogP contribution is 2.26. The van der Waals surface area contributed by atoms with Crippen LogP contribution in [0, 0.1) is 17.7 Å². The van der Waals surface area contributed by atoms with Crippen LogP contribution in [0.1, 0.15) is 12.8 Å². The first kappa shape index (κ1) is 14.8. The fourth-order valence-corrected chi connectivity index (χ4v) is 2.41. The summed E-state index contributed by atoms with van der Waals surface area (Å²) in [6, 6.07) is 6.17. The van der Waals surface area contributed by atoms with Gasteiger partial charge < -0.3 is 14.2 Å². The standard InChI is InChI=1S/C15H19FO4/c1-18-15(17)12(11-6-8-19-9-7-11)10-20-14-5-3-2-4-13(14)16/h2-5,11-12H,6-10H2,1H3. The highest BCUT2D eigenvalue weighted by molar-refractivity contribution is 5.72. The molecule has 1 atom stereocenters. The Morgan fingerprint density at radius 3 is 2.75 bits per heavy atom. The summed E-state index contributed by atoms with van der Waals surface area (Å²) in [5.74, 6) is -0.809. The molecule has 1 unspecified atom stereocenters. The number of hydrogen-bond donors (Lipinski definition) is 0. The van der Waals surface area contributed by atoms with Gasteiger partial charge in [0.25, 0.3) is 0 Å². The SMILES string of the molecule is COC(=O)C(COc1ccccc1F)C1CCOCC1. The number of esters is 1. The molecule has 1 aromatic rings. The zero-order chi connectivity index (χ0) is 14.4. The van der Waals surface area contributed by atoms with Crippen LogP contribution in [0.2, 0.25) is 0 Å². The first-order valence-corrected chi connectivity index (χ1v) is 6.75. The van der Waals surface area contributed by atoms with Gasteiger partial charge in [-0.2, -0.15) is 0 Å². The largest absolute Gasteiger partial charge is 0.490 e. The van der Waals surface area contributed by atoms with Crippen LogP contribution in [-0.4, -0.2) is 32.9 Å². The Hall–Kier alpha value is -1.62. The molecule has 1 aliphatic rings. The number of benzene rings is 1. The Bertz CT molecular complexity index is 443. The van der Waals surface area contributed by atoms with Crippen LogP contribution in [0.4, 0.5) is 4.39 Å². The molecule has 2 rings (SSSR count). The lowest BCUT2D eigenvalue weighted by Crippen LogP contribution is -2.34. The molecule has 1 saturated heterocycles. The summed E-state index contributed by atoms with van der Waals surface area (Å²) in [7, 11) is 1.36. The second-order valence-electron chi connectivity index (χ2n) is 4.82. The fraction of sp³-hybridized carbons (Fsp3) is 0.533. The first-order valence-electron chi connectivity index (χ1n) is 6.75. The van der Waals surface area contributed by atoms with Crippen LogP contribution in [-0.2, 0) is 14.3 Å². The lowest BCUT2D eigenvalue weighted by Gasteiger charge is -2.28. The van der Waals surface area contributed by atoms with Gasteiger partial charge in [-0.15, -0.1) is 0 Å². The number of carbonyl (C=O) groups is 1. The van der Waals surface area contributed by atoms with E-state index in [9.17, 15) is 9.18 Å². The van der Waals surface area contributed by atoms with Crippen LogP contribution in [0.3, 0.4) is 0 Å². The molecule has 0 aromatic heterocycles. The number of para-hydroxylation sites is 1. The van der Waals surface area contributed by atoms with E-state index >= 15 is 0 Å². The third kappa shape index (κ3) is 3.70. The van der Waals surface area contributed by atoms with Crippen molar-refractivity contribution in [2.45, 2.75) is 12.8 Å². The normalized spacial score (nSPS) is 17.5. The van der Waals surface area contributed by atoms with E-state index in [1.165, 1.54) is 13.2 Å². The monoisotopic (exact) mass is 282 g/mol. The third-order valence-corrected chi connectivity index (χ3v) is 3.59. The average Bonchev–Trinajstić information content (AvgIpc) is 2.50. The van der Waals surface area contributed by atoms with Crippen LogP contribution in [0.5, 0.6) is 5.75 Å². The molecular formula is C15H19FO4. The van der Waals surface area contributed by atoms with Gasteiger partial charge in [-0.25, -0.2) is 4.39 Å². The molecule has 20 heavy (non-hydrogen) atoms. The van der Waals surface area contributed by atoms with E-state index in [1.807, 2.05) is 0 Å². The minimum atomic E-state index is -0.428. The van der Waals surface area contributed by atoms with Gasteiger partial charge in [-0.1, -0.05) is 12.1 Å². The van der Waals surface area contributed by atoms with Crippen molar-refractivity contribution in [1.29, 1.82) is 0 Å². The number of ether oxygens (including phenoxy) is 3. The molecule has 0 N–H and O–H groups in total. The van der Waals surface area contributed by atoms with Crippen LogP contribution in [0.15, 0.2) is 24.3 Å². The van der Waals surface area contributed by atoms with E-state index in [0.717, 1.165) is 12.8 Å². The zero-order valence-electron chi connectivity index (χ0n) is 11.5. The average molecular weight is 282 g/mol. The first-order chi connectivity index (χ1) is 9.72. The minimum absolute atomic E-state index is 0.123. The predicted octanol–water partition coefficient (Wildman–Crippen LogP) is 2.42. The molecule has 1 aromatic carbocycles. The van der Waals surface area contributed by atoms with E-state index in [2.05, 4.69) is 0 Å². The molecule has 0 bridgehead atoms. The van der Waals surface area contributed by atoms with Crippen molar-refractivity contribution in [2.75, 3.05) is 26.9 Å². The second kappa shape index (κ2) is 7.24. The summed E-state index contributed by atoms with van der Waals surface area (Å²) >= 11 is 0. The molecule has 0 amide bonds. The highest BCUT2D eigenvalue weighted by Gasteiger charge is 2.31. The van der Waals surface area contributed by atoms with E-state index in [4.69, 9.17) is 14.2 Å². The Labute approximate surface area is 117 Å². The lowest BCUT2D eigenvalue weighted by atomic mass is 9.86. The maximum atomic E-state index is 13.5. The number of carbonyl (C=O) groups excluding carboxylic acids is 1. The summed E-state index contributed by atoms with van der Waals surface area (Å²) in [5.41, 5.74) is 0. The van der Waals surface area contributed by atoms with Gasteiger partial charge >= 0.3 is 5.97 Å². The quantitative estimate of drug-likeness (QED) is 0.778. The Morgan fingerprint density at radius 2 is 2.10 bits per heavy atom. The number of hydrogen-bond acceptors (Lipinski definition) is 4. The van der Waals surface area contributed by atoms with Crippen molar-refractivity contribution < 1.29 is 23.4 Å². The summed E-state index contributed by atoms with van der Waals surface area (Å²) in [5, 5.41) is 0. The number of rotatable bonds is 5. The van der Waals surface area contributed by atoms with Gasteiger partial charge in [-0.3, -0.25) is 4.79 Å². The maximum absolute atomic E-state index is 13.5. The van der Waals surface area contributed by atoms with Crippen LogP contribution < -0.4 is 4.74 Å². The molecule has 0 radical (unpaired) electrons. The van der Waals surface area contributed by atoms with Crippen molar-refractivity contribution in [3.63, 3.8) is 0 Å². The number of methoxy groups -OCH3 is 1. The Morgan fingerprint density at radius 1 is 1.40 bits per heavy atom. The van der Waals surface area contributed by atoms with Crippen LogP contribution in [0.25, 0.3) is 0 Å². The van der Waals surface area contributed by atoms with Crippen LogP contribution >= 0.6 is 0 Å². The van der Waals surface area contributed by atoms with Crippen molar-refractivity contribution in [2.24, 2.45) is 11.8 Å². The molecule has 1 fully saturated rings. The fourth-order valence-electron chi connectivity index (χ4n) is 2.41. The topological polar surface area (TPSA) is 44.8 Å². The molecule has 1 heterocycles. The van der Waals surface area contributed by atoms with Gasteiger partial charge in [0.2, 0.25) is 0 Å². The molecule has 110 valence electrons. The van der Waals surface area contributed by atoms with E-state index in [1.54, 1.807) is 18.2 Å². The summed E-state index contributed by atoms with van der Waals surface area (Å²) < 4.78 is 29.1. The van der Waals surface area contributed by atoms with Crippen molar-refractivity contribution in [1.82, 2.24) is 0 Å². The van der Waals surface area contributed by atoms with Gasteiger partial charge in [0, 0.05) is 13.2 Å². The molecule has 0 spiro atoms. The summed E-state index contributed by atoms with van der Waals surface area (Å²) in [4.78, 5) is 11.9. The second-order valence-corrected chi connectivity index (χ2v) is 4.82.